The number of carbonyl (C=O) groups is 2. The van der Waals surface area contributed by atoms with Crippen molar-refractivity contribution in [2.75, 3.05) is 19.6 Å². The van der Waals surface area contributed by atoms with Crippen LogP contribution in [0.2, 0.25) is 0 Å². The molecular formula is C15H19NO3. The average Bonchev–Trinajstić information content (AvgIpc) is 2.46. The highest BCUT2D eigenvalue weighted by Crippen LogP contribution is 2.11. The molecule has 0 spiro atoms. The van der Waals surface area contributed by atoms with Crippen molar-refractivity contribution in [3.8, 4) is 0 Å². The first-order valence-electron chi connectivity index (χ1n) is 6.76. The van der Waals surface area contributed by atoms with Crippen molar-refractivity contribution in [1.82, 2.24) is 4.90 Å². The number of ketones is 1. The van der Waals surface area contributed by atoms with Gasteiger partial charge in [0.05, 0.1) is 5.56 Å². The minimum Gasteiger partial charge on any atom is -0.478 e. The fraction of sp³-hybridized carbons (Fsp3) is 0.467. The Hall–Kier alpha value is -1.68. The van der Waals surface area contributed by atoms with Gasteiger partial charge in [-0.3, -0.25) is 4.79 Å². The van der Waals surface area contributed by atoms with Crippen LogP contribution in [0, 0.1) is 0 Å². The molecule has 1 aliphatic heterocycles. The van der Waals surface area contributed by atoms with Crippen molar-refractivity contribution >= 4 is 11.8 Å². The van der Waals surface area contributed by atoms with E-state index in [9.17, 15) is 9.59 Å². The predicted molar refractivity (Wildman–Crippen MR) is 72.6 cm³/mol. The third kappa shape index (κ3) is 3.89. The summed E-state index contributed by atoms with van der Waals surface area (Å²) in [7, 11) is 0. The van der Waals surface area contributed by atoms with Gasteiger partial charge in [0.2, 0.25) is 0 Å². The van der Waals surface area contributed by atoms with Gasteiger partial charge in [0.25, 0.3) is 0 Å². The van der Waals surface area contributed by atoms with Crippen LogP contribution in [-0.2, 0) is 0 Å². The lowest BCUT2D eigenvalue weighted by Gasteiger charge is -2.25. The molecule has 19 heavy (non-hydrogen) atoms. The maximum Gasteiger partial charge on any atom is 0.335 e. The maximum atomic E-state index is 12.0. The summed E-state index contributed by atoms with van der Waals surface area (Å²) < 4.78 is 0. The van der Waals surface area contributed by atoms with Gasteiger partial charge >= 0.3 is 5.97 Å². The molecule has 0 bridgehead atoms. The van der Waals surface area contributed by atoms with Crippen molar-refractivity contribution in [3.63, 3.8) is 0 Å². The van der Waals surface area contributed by atoms with Crippen LogP contribution in [0.25, 0.3) is 0 Å². The third-order valence-electron chi connectivity index (χ3n) is 3.56. The number of nitrogens with zero attached hydrogens (tertiary/aromatic N) is 1. The van der Waals surface area contributed by atoms with Gasteiger partial charge in [-0.05, 0) is 38.1 Å². The molecule has 4 nitrogen and oxygen atoms in total. The number of hydrogen-bond acceptors (Lipinski definition) is 3. The zero-order valence-corrected chi connectivity index (χ0v) is 11.0. The highest BCUT2D eigenvalue weighted by Gasteiger charge is 2.13. The fourth-order valence-corrected chi connectivity index (χ4v) is 2.39. The average molecular weight is 261 g/mol. The molecule has 1 N–H and O–H groups in total. The molecule has 0 saturated carbocycles. The lowest BCUT2D eigenvalue weighted by atomic mass is 10.0. The summed E-state index contributed by atoms with van der Waals surface area (Å²) >= 11 is 0. The second-order valence-corrected chi connectivity index (χ2v) is 4.96. The van der Waals surface area contributed by atoms with Crippen molar-refractivity contribution in [3.05, 3.63) is 35.4 Å². The zero-order valence-electron chi connectivity index (χ0n) is 11.0. The molecule has 0 aromatic heterocycles. The van der Waals surface area contributed by atoms with Crippen molar-refractivity contribution < 1.29 is 14.7 Å². The first kappa shape index (κ1) is 13.7. The van der Waals surface area contributed by atoms with Crippen molar-refractivity contribution in [2.24, 2.45) is 0 Å². The van der Waals surface area contributed by atoms with Crippen molar-refractivity contribution in [2.45, 2.75) is 25.7 Å². The van der Waals surface area contributed by atoms with Crippen LogP contribution < -0.4 is 0 Å². The standard InChI is InChI=1S/C15H19NO3/c17-14(8-11-16-9-2-1-3-10-16)12-4-6-13(7-5-12)15(18)19/h4-7H,1-3,8-11H2,(H,18,19). The zero-order chi connectivity index (χ0) is 13.7. The van der Waals surface area contributed by atoms with Gasteiger partial charge in [0, 0.05) is 18.5 Å². The smallest absolute Gasteiger partial charge is 0.335 e. The number of rotatable bonds is 5. The monoisotopic (exact) mass is 261 g/mol. The van der Waals surface area contributed by atoms with Gasteiger partial charge in [0.1, 0.15) is 0 Å². The Bertz CT molecular complexity index is 447. The molecule has 102 valence electrons. The van der Waals surface area contributed by atoms with E-state index in [-0.39, 0.29) is 11.3 Å². The second-order valence-electron chi connectivity index (χ2n) is 4.96. The summed E-state index contributed by atoms with van der Waals surface area (Å²) in [4.78, 5) is 25.0. The van der Waals surface area contributed by atoms with Crippen LogP contribution in [0.15, 0.2) is 24.3 Å². The molecule has 0 unspecified atom stereocenters. The number of carbonyl (C=O) groups excluding carboxylic acids is 1. The number of carboxylic acid groups (broad SMARTS) is 1. The van der Waals surface area contributed by atoms with Gasteiger partial charge in [-0.15, -0.1) is 0 Å². The Labute approximate surface area is 113 Å². The van der Waals surface area contributed by atoms with Gasteiger partial charge in [-0.1, -0.05) is 18.6 Å². The maximum absolute atomic E-state index is 12.0. The predicted octanol–water partition coefficient (Wildman–Crippen LogP) is 2.44. The van der Waals surface area contributed by atoms with E-state index >= 15 is 0 Å². The summed E-state index contributed by atoms with van der Waals surface area (Å²) in [5, 5.41) is 8.80. The van der Waals surface area contributed by atoms with E-state index in [4.69, 9.17) is 5.11 Å². The Kier molecular flexibility index (Phi) is 4.68. The molecule has 1 saturated heterocycles. The number of piperidine rings is 1. The molecular weight excluding hydrogens is 242 g/mol. The van der Waals surface area contributed by atoms with Gasteiger partial charge in [-0.2, -0.15) is 0 Å². The van der Waals surface area contributed by atoms with Crippen LogP contribution in [0.1, 0.15) is 46.4 Å². The highest BCUT2D eigenvalue weighted by molar-refractivity contribution is 5.97. The molecule has 0 aliphatic carbocycles. The summed E-state index contributed by atoms with van der Waals surface area (Å²) in [6.45, 7) is 2.98. The quantitative estimate of drug-likeness (QED) is 0.827. The van der Waals surface area contributed by atoms with E-state index in [0.717, 1.165) is 19.6 Å². The molecule has 1 heterocycles. The first-order valence-corrected chi connectivity index (χ1v) is 6.76. The van der Waals surface area contributed by atoms with Gasteiger partial charge < -0.3 is 10.0 Å². The topological polar surface area (TPSA) is 57.6 Å². The highest BCUT2D eigenvalue weighted by atomic mass is 16.4. The minimum atomic E-state index is -0.965. The molecule has 1 aromatic rings. The SMILES string of the molecule is O=C(O)c1ccc(C(=O)CCN2CCCCC2)cc1. The Morgan fingerprint density at radius 2 is 1.58 bits per heavy atom. The first-order chi connectivity index (χ1) is 9.16. The van der Waals surface area contributed by atoms with E-state index in [2.05, 4.69) is 4.90 Å². The normalized spacial score (nSPS) is 16.2. The Morgan fingerprint density at radius 3 is 2.16 bits per heavy atom. The Morgan fingerprint density at radius 1 is 1.00 bits per heavy atom. The molecule has 4 heteroatoms. The van der Waals surface area contributed by atoms with Crippen LogP contribution in [0.5, 0.6) is 0 Å². The van der Waals surface area contributed by atoms with Crippen LogP contribution >= 0.6 is 0 Å². The molecule has 2 rings (SSSR count). The van der Waals surface area contributed by atoms with E-state index in [1.807, 2.05) is 0 Å². The number of hydrogen-bond donors (Lipinski definition) is 1. The van der Waals surface area contributed by atoms with E-state index in [0.29, 0.717) is 12.0 Å². The largest absolute Gasteiger partial charge is 0.478 e. The summed E-state index contributed by atoms with van der Waals surface area (Å²) in [5.41, 5.74) is 0.814. The molecule has 1 aromatic carbocycles. The Balaban J connectivity index is 1.86. The minimum absolute atomic E-state index is 0.0857. The van der Waals surface area contributed by atoms with E-state index in [1.54, 1.807) is 12.1 Å². The van der Waals surface area contributed by atoms with Gasteiger partial charge in [0.15, 0.2) is 5.78 Å². The third-order valence-corrected chi connectivity index (χ3v) is 3.56. The molecule has 0 radical (unpaired) electrons. The van der Waals surface area contributed by atoms with Crippen LogP contribution in [0.4, 0.5) is 0 Å². The molecule has 0 atom stereocenters. The lowest BCUT2D eigenvalue weighted by Crippen LogP contribution is -2.31. The number of Topliss-reactive ketones (excluding diaryl/α,β-unsaturated/α-hetero) is 1. The molecule has 1 fully saturated rings. The van der Waals surface area contributed by atoms with E-state index in [1.165, 1.54) is 31.4 Å². The number of likely N-dealkylation sites (tertiary alicyclic amines) is 1. The number of carboxylic acids is 1. The number of aromatic carboxylic acids is 1. The lowest BCUT2D eigenvalue weighted by molar-refractivity contribution is 0.0696. The summed E-state index contributed by atoms with van der Waals surface area (Å²) in [6, 6.07) is 6.16. The summed E-state index contributed by atoms with van der Waals surface area (Å²) in [5.74, 6) is -0.880. The molecule has 1 aliphatic rings. The van der Waals surface area contributed by atoms with Crippen LogP contribution in [0.3, 0.4) is 0 Å². The summed E-state index contributed by atoms with van der Waals surface area (Å²) in [6.07, 6.45) is 4.25. The van der Waals surface area contributed by atoms with Crippen molar-refractivity contribution in [1.29, 1.82) is 0 Å². The second kappa shape index (κ2) is 6.48. The fourth-order valence-electron chi connectivity index (χ4n) is 2.39. The van der Waals surface area contributed by atoms with Crippen LogP contribution in [-0.4, -0.2) is 41.4 Å². The van der Waals surface area contributed by atoms with Gasteiger partial charge in [-0.25, -0.2) is 4.79 Å². The van der Waals surface area contributed by atoms with E-state index < -0.39 is 5.97 Å². The molecule has 0 amide bonds. The number of benzene rings is 1.